The van der Waals surface area contributed by atoms with Gasteiger partial charge in [0.05, 0.1) is 11.4 Å². The van der Waals surface area contributed by atoms with Gasteiger partial charge in [-0.05, 0) is 43.9 Å². The molecule has 20 heavy (non-hydrogen) atoms. The lowest BCUT2D eigenvalue weighted by molar-refractivity contribution is -0.120. The van der Waals surface area contributed by atoms with Crippen LogP contribution < -0.4 is 11.1 Å². The third-order valence-electron chi connectivity index (χ3n) is 4.49. The number of carbonyl (C=O) groups excluding carboxylic acids is 1. The van der Waals surface area contributed by atoms with Crippen LogP contribution in [-0.2, 0) is 4.79 Å². The maximum Gasteiger partial charge on any atom is 0.227 e. The smallest absolute Gasteiger partial charge is 0.227 e. The summed E-state index contributed by atoms with van der Waals surface area (Å²) in [6.45, 7) is 4.06. The number of nitrogens with two attached hydrogens (primary N) is 1. The van der Waals surface area contributed by atoms with Crippen LogP contribution in [0.25, 0.3) is 0 Å². The molecule has 0 spiro atoms. The van der Waals surface area contributed by atoms with Crippen LogP contribution in [0, 0.1) is 19.8 Å². The van der Waals surface area contributed by atoms with Gasteiger partial charge in [0, 0.05) is 5.92 Å². The van der Waals surface area contributed by atoms with Gasteiger partial charge in [0.1, 0.15) is 0 Å². The Labute approximate surface area is 121 Å². The molecule has 0 unspecified atom stereocenters. The molecule has 0 saturated heterocycles. The van der Waals surface area contributed by atoms with Crippen molar-refractivity contribution in [2.75, 3.05) is 11.1 Å². The standard InChI is InChI=1S/C17H26N2O/c1-12-10-11-15(18)16(13(12)2)19-17(20)14-8-6-4-3-5-7-9-14/h10-11,14H,3-9,18H2,1-2H3,(H,19,20). The lowest BCUT2D eigenvalue weighted by atomic mass is 9.90. The zero-order chi connectivity index (χ0) is 14.5. The fraction of sp³-hybridized carbons (Fsp3) is 0.588. The first kappa shape index (κ1) is 14.9. The molecule has 1 aliphatic carbocycles. The second-order valence-electron chi connectivity index (χ2n) is 6.00. The predicted molar refractivity (Wildman–Crippen MR) is 84.8 cm³/mol. The van der Waals surface area contributed by atoms with Crippen molar-refractivity contribution < 1.29 is 4.79 Å². The summed E-state index contributed by atoms with van der Waals surface area (Å²) in [6, 6.07) is 3.87. The largest absolute Gasteiger partial charge is 0.397 e. The van der Waals surface area contributed by atoms with Gasteiger partial charge >= 0.3 is 0 Å². The van der Waals surface area contributed by atoms with Crippen molar-refractivity contribution >= 4 is 17.3 Å². The molecule has 3 nitrogen and oxygen atoms in total. The summed E-state index contributed by atoms with van der Waals surface area (Å²) in [4.78, 5) is 12.5. The van der Waals surface area contributed by atoms with Gasteiger partial charge in [-0.3, -0.25) is 4.79 Å². The second-order valence-corrected chi connectivity index (χ2v) is 6.00. The molecule has 2 rings (SSSR count). The first-order valence-corrected chi connectivity index (χ1v) is 7.76. The Morgan fingerprint density at radius 3 is 2.35 bits per heavy atom. The van der Waals surface area contributed by atoms with E-state index in [1.54, 1.807) is 0 Å². The van der Waals surface area contributed by atoms with E-state index < -0.39 is 0 Å². The van der Waals surface area contributed by atoms with E-state index in [1.807, 2.05) is 26.0 Å². The van der Waals surface area contributed by atoms with Gasteiger partial charge in [0.2, 0.25) is 5.91 Å². The topological polar surface area (TPSA) is 55.1 Å². The van der Waals surface area contributed by atoms with Gasteiger partial charge < -0.3 is 11.1 Å². The van der Waals surface area contributed by atoms with Gasteiger partial charge in [0.15, 0.2) is 0 Å². The summed E-state index contributed by atoms with van der Waals surface area (Å²) in [5.74, 6) is 0.293. The van der Waals surface area contributed by atoms with Gasteiger partial charge in [-0.25, -0.2) is 0 Å². The third-order valence-corrected chi connectivity index (χ3v) is 4.49. The van der Waals surface area contributed by atoms with Crippen LogP contribution in [0.5, 0.6) is 0 Å². The lowest BCUT2D eigenvalue weighted by Crippen LogP contribution is -2.24. The molecule has 0 heterocycles. The number of carbonyl (C=O) groups is 1. The zero-order valence-electron chi connectivity index (χ0n) is 12.7. The Balaban J connectivity index is 2.08. The van der Waals surface area contributed by atoms with E-state index in [9.17, 15) is 4.79 Å². The van der Waals surface area contributed by atoms with Crippen LogP contribution >= 0.6 is 0 Å². The number of hydrogen-bond donors (Lipinski definition) is 2. The average Bonchev–Trinajstić information content (AvgIpc) is 2.38. The summed E-state index contributed by atoms with van der Waals surface area (Å²) in [5, 5.41) is 3.07. The summed E-state index contributed by atoms with van der Waals surface area (Å²) in [5.41, 5.74) is 9.70. The molecular formula is C17H26N2O. The number of amides is 1. The molecule has 0 radical (unpaired) electrons. The zero-order valence-corrected chi connectivity index (χ0v) is 12.7. The first-order chi connectivity index (χ1) is 9.59. The van der Waals surface area contributed by atoms with E-state index in [-0.39, 0.29) is 11.8 Å². The van der Waals surface area contributed by atoms with Gasteiger partial charge in [-0.15, -0.1) is 0 Å². The Bertz CT molecular complexity index is 474. The second kappa shape index (κ2) is 6.78. The van der Waals surface area contributed by atoms with Crippen LogP contribution in [0.15, 0.2) is 12.1 Å². The Kier molecular flexibility index (Phi) is 5.05. The van der Waals surface area contributed by atoms with Crippen molar-refractivity contribution in [1.82, 2.24) is 0 Å². The minimum Gasteiger partial charge on any atom is -0.397 e. The molecular weight excluding hydrogens is 248 g/mol. The van der Waals surface area contributed by atoms with Gasteiger partial charge in [0.25, 0.3) is 0 Å². The van der Waals surface area contributed by atoms with Crippen molar-refractivity contribution in [3.8, 4) is 0 Å². The number of hydrogen-bond acceptors (Lipinski definition) is 2. The number of anilines is 2. The molecule has 0 atom stereocenters. The van der Waals surface area contributed by atoms with Crippen LogP contribution in [0.1, 0.15) is 56.1 Å². The number of aryl methyl sites for hydroxylation is 1. The maximum absolute atomic E-state index is 12.5. The third kappa shape index (κ3) is 3.53. The highest BCUT2D eigenvalue weighted by Crippen LogP contribution is 2.28. The molecule has 1 amide bonds. The minimum absolute atomic E-state index is 0.146. The Hall–Kier alpha value is -1.51. The normalized spacial score (nSPS) is 17.3. The van der Waals surface area contributed by atoms with E-state index in [4.69, 9.17) is 5.73 Å². The highest BCUT2D eigenvalue weighted by Gasteiger charge is 2.20. The lowest BCUT2D eigenvalue weighted by Gasteiger charge is -2.21. The molecule has 1 aliphatic rings. The van der Waals surface area contributed by atoms with Crippen LogP contribution in [0.4, 0.5) is 11.4 Å². The quantitative estimate of drug-likeness (QED) is 0.795. The van der Waals surface area contributed by atoms with Crippen molar-refractivity contribution in [2.24, 2.45) is 5.92 Å². The summed E-state index contributed by atoms with van der Waals surface area (Å²) in [6.07, 6.45) is 8.19. The summed E-state index contributed by atoms with van der Waals surface area (Å²) in [7, 11) is 0. The van der Waals surface area contributed by atoms with Gasteiger partial charge in [-0.1, -0.05) is 38.2 Å². The molecule has 110 valence electrons. The average molecular weight is 274 g/mol. The van der Waals surface area contributed by atoms with Gasteiger partial charge in [-0.2, -0.15) is 0 Å². The van der Waals surface area contributed by atoms with Crippen molar-refractivity contribution in [3.63, 3.8) is 0 Å². The highest BCUT2D eigenvalue weighted by molar-refractivity contribution is 5.96. The molecule has 0 aromatic heterocycles. The molecule has 3 heteroatoms. The van der Waals surface area contributed by atoms with E-state index in [2.05, 4.69) is 5.32 Å². The van der Waals surface area contributed by atoms with E-state index in [0.717, 1.165) is 29.7 Å². The summed E-state index contributed by atoms with van der Waals surface area (Å²) < 4.78 is 0. The highest BCUT2D eigenvalue weighted by atomic mass is 16.1. The monoisotopic (exact) mass is 274 g/mol. The van der Waals surface area contributed by atoms with Crippen LogP contribution in [-0.4, -0.2) is 5.91 Å². The van der Waals surface area contributed by atoms with E-state index in [1.165, 1.54) is 32.1 Å². The Morgan fingerprint density at radius 2 is 1.70 bits per heavy atom. The first-order valence-electron chi connectivity index (χ1n) is 7.76. The SMILES string of the molecule is Cc1ccc(N)c(NC(=O)C2CCCCCCC2)c1C. The molecule has 0 bridgehead atoms. The fourth-order valence-corrected chi connectivity index (χ4v) is 2.95. The van der Waals surface area contributed by atoms with Crippen molar-refractivity contribution in [3.05, 3.63) is 23.3 Å². The molecule has 1 fully saturated rings. The number of benzene rings is 1. The Morgan fingerprint density at radius 1 is 1.10 bits per heavy atom. The fourth-order valence-electron chi connectivity index (χ4n) is 2.95. The molecule has 0 aliphatic heterocycles. The maximum atomic E-state index is 12.5. The molecule has 1 saturated carbocycles. The predicted octanol–water partition coefficient (Wildman–Crippen LogP) is 4.18. The molecule has 1 aromatic carbocycles. The minimum atomic E-state index is 0.146. The molecule has 1 aromatic rings. The molecule has 3 N–H and O–H groups in total. The number of rotatable bonds is 2. The van der Waals surface area contributed by atoms with E-state index in [0.29, 0.717) is 5.69 Å². The number of nitrogens with one attached hydrogen (secondary N) is 1. The van der Waals surface area contributed by atoms with Crippen LogP contribution in [0.3, 0.4) is 0 Å². The number of nitrogen functional groups attached to an aromatic ring is 1. The van der Waals surface area contributed by atoms with Crippen molar-refractivity contribution in [2.45, 2.75) is 58.8 Å². The van der Waals surface area contributed by atoms with Crippen LogP contribution in [0.2, 0.25) is 0 Å². The van der Waals surface area contributed by atoms with E-state index >= 15 is 0 Å². The van der Waals surface area contributed by atoms with Crippen molar-refractivity contribution in [1.29, 1.82) is 0 Å². The summed E-state index contributed by atoms with van der Waals surface area (Å²) >= 11 is 0.